The summed E-state index contributed by atoms with van der Waals surface area (Å²) in [5, 5.41) is 2.57. The smallest absolute Gasteiger partial charge is 0.411 e. The van der Waals surface area contributed by atoms with Crippen molar-refractivity contribution < 1.29 is 19.0 Å². The van der Waals surface area contributed by atoms with Gasteiger partial charge in [-0.25, -0.2) is 9.78 Å². The van der Waals surface area contributed by atoms with Crippen molar-refractivity contribution >= 4 is 11.8 Å². The van der Waals surface area contributed by atoms with Crippen LogP contribution in [-0.2, 0) is 11.3 Å². The monoisotopic (exact) mass is 364 g/mol. The summed E-state index contributed by atoms with van der Waals surface area (Å²) in [5.74, 6) is 1.82. The molecule has 0 unspecified atom stereocenters. The first-order chi connectivity index (χ1) is 13.2. The summed E-state index contributed by atoms with van der Waals surface area (Å²) in [6.45, 7) is 2.57. The zero-order valence-corrected chi connectivity index (χ0v) is 14.9. The van der Waals surface area contributed by atoms with E-state index < -0.39 is 6.09 Å². The van der Waals surface area contributed by atoms with Crippen LogP contribution < -0.4 is 14.8 Å². The summed E-state index contributed by atoms with van der Waals surface area (Å²) in [6, 6.07) is 20.6. The Hall–Kier alpha value is -3.54. The van der Waals surface area contributed by atoms with E-state index in [0.717, 1.165) is 11.3 Å². The molecule has 1 N–H and O–H groups in total. The molecule has 0 radical (unpaired) electrons. The van der Waals surface area contributed by atoms with Gasteiger partial charge in [0.15, 0.2) is 0 Å². The van der Waals surface area contributed by atoms with Gasteiger partial charge in [0.2, 0.25) is 5.88 Å². The van der Waals surface area contributed by atoms with Crippen LogP contribution in [0.1, 0.15) is 12.5 Å². The van der Waals surface area contributed by atoms with Crippen LogP contribution in [-0.4, -0.2) is 17.7 Å². The number of rotatable bonds is 7. The molecule has 3 rings (SSSR count). The molecule has 3 aromatic rings. The van der Waals surface area contributed by atoms with E-state index in [1.54, 1.807) is 19.1 Å². The van der Waals surface area contributed by atoms with Crippen molar-refractivity contribution in [1.82, 2.24) is 4.98 Å². The van der Waals surface area contributed by atoms with E-state index in [4.69, 9.17) is 14.2 Å². The molecule has 1 aromatic heterocycles. The molecule has 1 amide bonds. The number of benzene rings is 2. The van der Waals surface area contributed by atoms with E-state index in [1.165, 1.54) is 6.20 Å². The van der Waals surface area contributed by atoms with Crippen LogP contribution in [0.4, 0.5) is 10.5 Å². The lowest BCUT2D eigenvalue weighted by Gasteiger charge is -2.09. The van der Waals surface area contributed by atoms with Crippen LogP contribution in [0.5, 0.6) is 17.4 Å². The average Bonchev–Trinajstić information content (AvgIpc) is 2.70. The predicted molar refractivity (Wildman–Crippen MR) is 102 cm³/mol. The molecule has 6 heteroatoms. The zero-order chi connectivity index (χ0) is 18.9. The largest absolute Gasteiger partial charge is 0.489 e. The Morgan fingerprint density at radius 1 is 0.963 bits per heavy atom. The number of pyridine rings is 1. The molecule has 0 atom stereocenters. The number of ether oxygens (including phenoxy) is 3. The summed E-state index contributed by atoms with van der Waals surface area (Å²) < 4.78 is 16.2. The number of hydrogen-bond donors (Lipinski definition) is 1. The Morgan fingerprint density at radius 3 is 2.37 bits per heavy atom. The lowest BCUT2D eigenvalue weighted by Crippen LogP contribution is -2.13. The number of nitrogens with one attached hydrogen (secondary N) is 1. The molecule has 0 saturated heterocycles. The van der Waals surface area contributed by atoms with Gasteiger partial charge in [-0.3, -0.25) is 5.32 Å². The molecule has 0 saturated carbocycles. The second-order valence-electron chi connectivity index (χ2n) is 5.58. The molecule has 1 heterocycles. The summed E-state index contributed by atoms with van der Waals surface area (Å²) in [7, 11) is 0. The Balaban J connectivity index is 1.52. The van der Waals surface area contributed by atoms with Gasteiger partial charge in [-0.05, 0) is 42.8 Å². The third-order valence-corrected chi connectivity index (χ3v) is 3.55. The Bertz CT molecular complexity index is 850. The number of carbonyl (C=O) groups excluding carboxylic acids is 1. The average molecular weight is 364 g/mol. The highest BCUT2D eigenvalue weighted by atomic mass is 16.5. The molecule has 2 aromatic carbocycles. The fourth-order valence-corrected chi connectivity index (χ4v) is 2.27. The second kappa shape index (κ2) is 9.24. The molecular formula is C21H20N2O4. The molecule has 138 valence electrons. The highest BCUT2D eigenvalue weighted by molar-refractivity contribution is 5.84. The van der Waals surface area contributed by atoms with Gasteiger partial charge in [-0.1, -0.05) is 30.3 Å². The van der Waals surface area contributed by atoms with Crippen molar-refractivity contribution in [2.45, 2.75) is 13.5 Å². The maximum absolute atomic E-state index is 11.4. The number of carbonyl (C=O) groups is 1. The molecule has 27 heavy (non-hydrogen) atoms. The van der Waals surface area contributed by atoms with Gasteiger partial charge in [0.05, 0.1) is 18.5 Å². The fourth-order valence-electron chi connectivity index (χ4n) is 2.27. The summed E-state index contributed by atoms with van der Waals surface area (Å²) in [5.41, 5.74) is 1.64. The van der Waals surface area contributed by atoms with E-state index in [0.29, 0.717) is 30.5 Å². The first kappa shape index (κ1) is 18.3. The van der Waals surface area contributed by atoms with Crippen molar-refractivity contribution in [3.8, 4) is 17.4 Å². The Labute approximate surface area is 157 Å². The third kappa shape index (κ3) is 5.74. The van der Waals surface area contributed by atoms with Crippen LogP contribution in [0.2, 0.25) is 0 Å². The van der Waals surface area contributed by atoms with Crippen LogP contribution in [0.3, 0.4) is 0 Å². The van der Waals surface area contributed by atoms with Gasteiger partial charge in [0.25, 0.3) is 0 Å². The summed E-state index contributed by atoms with van der Waals surface area (Å²) in [4.78, 5) is 15.5. The molecule has 0 aliphatic carbocycles. The van der Waals surface area contributed by atoms with Crippen molar-refractivity contribution in [2.24, 2.45) is 0 Å². The normalized spacial score (nSPS) is 10.1. The van der Waals surface area contributed by atoms with Crippen molar-refractivity contribution in [3.63, 3.8) is 0 Å². The first-order valence-electron chi connectivity index (χ1n) is 8.57. The van der Waals surface area contributed by atoms with Crippen molar-refractivity contribution in [2.75, 3.05) is 11.9 Å². The minimum absolute atomic E-state index is 0.311. The molecule has 6 nitrogen and oxygen atoms in total. The predicted octanol–water partition coefficient (Wildman–Crippen LogP) is 5.02. The molecule has 0 fully saturated rings. The molecule has 0 spiro atoms. The number of aromatic nitrogens is 1. The fraction of sp³-hybridized carbons (Fsp3) is 0.143. The minimum atomic E-state index is -0.515. The number of nitrogens with zero attached hydrogens (tertiary/aromatic N) is 1. The topological polar surface area (TPSA) is 69.7 Å². The van der Waals surface area contributed by atoms with Gasteiger partial charge in [0, 0.05) is 6.07 Å². The van der Waals surface area contributed by atoms with Crippen molar-refractivity contribution in [1.29, 1.82) is 0 Å². The minimum Gasteiger partial charge on any atom is -0.489 e. The molecular weight excluding hydrogens is 344 g/mol. The van der Waals surface area contributed by atoms with E-state index in [-0.39, 0.29) is 0 Å². The maximum atomic E-state index is 11.4. The Kier molecular flexibility index (Phi) is 6.25. The van der Waals surface area contributed by atoms with Crippen LogP contribution in [0.25, 0.3) is 0 Å². The van der Waals surface area contributed by atoms with E-state index in [2.05, 4.69) is 10.3 Å². The van der Waals surface area contributed by atoms with Gasteiger partial charge >= 0.3 is 6.09 Å². The van der Waals surface area contributed by atoms with Crippen LogP contribution in [0, 0.1) is 0 Å². The quantitative estimate of drug-likeness (QED) is 0.637. The first-order valence-corrected chi connectivity index (χ1v) is 8.57. The number of amides is 1. The molecule has 0 aliphatic rings. The standard InChI is InChI=1S/C21H20N2O4/c1-2-25-21(24)23-17-8-13-20(22-14-17)27-19-11-9-18(10-12-19)26-15-16-6-4-3-5-7-16/h3-14H,2,15H2,1H3,(H,23,24). The maximum Gasteiger partial charge on any atom is 0.411 e. The SMILES string of the molecule is CCOC(=O)Nc1ccc(Oc2ccc(OCc3ccccc3)cc2)nc1. The van der Waals surface area contributed by atoms with Crippen LogP contribution in [0.15, 0.2) is 72.9 Å². The van der Waals surface area contributed by atoms with Gasteiger partial charge in [0.1, 0.15) is 18.1 Å². The van der Waals surface area contributed by atoms with Gasteiger partial charge in [-0.15, -0.1) is 0 Å². The van der Waals surface area contributed by atoms with E-state index in [1.807, 2.05) is 54.6 Å². The molecule has 0 bridgehead atoms. The highest BCUT2D eigenvalue weighted by Crippen LogP contribution is 2.23. The van der Waals surface area contributed by atoms with Gasteiger partial charge < -0.3 is 14.2 Å². The third-order valence-electron chi connectivity index (χ3n) is 3.55. The molecule has 0 aliphatic heterocycles. The lowest BCUT2D eigenvalue weighted by atomic mass is 10.2. The summed E-state index contributed by atoms with van der Waals surface area (Å²) in [6.07, 6.45) is 0.989. The second-order valence-corrected chi connectivity index (χ2v) is 5.58. The van der Waals surface area contributed by atoms with E-state index in [9.17, 15) is 4.79 Å². The highest BCUT2D eigenvalue weighted by Gasteiger charge is 2.04. The number of hydrogen-bond acceptors (Lipinski definition) is 5. The number of anilines is 1. The van der Waals surface area contributed by atoms with E-state index >= 15 is 0 Å². The Morgan fingerprint density at radius 2 is 1.70 bits per heavy atom. The van der Waals surface area contributed by atoms with Gasteiger partial charge in [-0.2, -0.15) is 0 Å². The zero-order valence-electron chi connectivity index (χ0n) is 14.9. The van der Waals surface area contributed by atoms with Crippen molar-refractivity contribution in [3.05, 3.63) is 78.5 Å². The summed E-state index contributed by atoms with van der Waals surface area (Å²) >= 11 is 0. The van der Waals surface area contributed by atoms with Crippen LogP contribution >= 0.6 is 0 Å². The lowest BCUT2D eigenvalue weighted by molar-refractivity contribution is 0.168.